The average Bonchev–Trinajstić information content (AvgIpc) is 3.02. The Morgan fingerprint density at radius 2 is 1.69 bits per heavy atom. The van der Waals surface area contributed by atoms with Gasteiger partial charge in [0.15, 0.2) is 11.9 Å². The van der Waals surface area contributed by atoms with Crippen LogP contribution >= 0.6 is 0 Å². The first-order valence-corrected chi connectivity index (χ1v) is 11.0. The minimum Gasteiger partial charge on any atom is -1.00 e. The van der Waals surface area contributed by atoms with Gasteiger partial charge in [-0.1, -0.05) is 58.3 Å². The lowest BCUT2D eigenvalue weighted by Gasteiger charge is -2.31. The Balaban J connectivity index is 0.00000243. The average molecular weight is 470 g/mol. The van der Waals surface area contributed by atoms with Crippen LogP contribution in [0.2, 0.25) is 0 Å². The Kier molecular flexibility index (Phi) is 9.90. The number of aromatic amines is 1. The van der Waals surface area contributed by atoms with Gasteiger partial charge in [-0.25, -0.2) is 4.98 Å². The molecule has 0 saturated carbocycles. The van der Waals surface area contributed by atoms with E-state index < -0.39 is 0 Å². The van der Waals surface area contributed by atoms with Crippen LogP contribution in [0.3, 0.4) is 0 Å². The van der Waals surface area contributed by atoms with Crippen molar-refractivity contribution in [1.82, 2.24) is 4.90 Å². The van der Waals surface area contributed by atoms with Crippen molar-refractivity contribution in [3.63, 3.8) is 0 Å². The number of aromatic nitrogens is 1. The van der Waals surface area contributed by atoms with E-state index in [1.807, 2.05) is 0 Å². The van der Waals surface area contributed by atoms with E-state index in [2.05, 4.69) is 36.1 Å². The fourth-order valence-corrected chi connectivity index (χ4v) is 5.15. The molecule has 0 radical (unpaired) electrons. The Bertz CT molecular complexity index is 531. The second kappa shape index (κ2) is 11.6. The van der Waals surface area contributed by atoms with Crippen molar-refractivity contribution in [3.05, 3.63) is 29.1 Å². The van der Waals surface area contributed by atoms with Crippen molar-refractivity contribution in [1.29, 1.82) is 0 Å². The number of hydrogen-bond donors (Lipinski definition) is 0. The summed E-state index contributed by atoms with van der Waals surface area (Å²) in [6.07, 6.45) is 20.3. The maximum absolute atomic E-state index is 3.60. The van der Waals surface area contributed by atoms with E-state index in [1.165, 1.54) is 90.0 Å². The second-order valence-corrected chi connectivity index (χ2v) is 8.48. The van der Waals surface area contributed by atoms with Gasteiger partial charge < -0.3 is 24.0 Å². The number of likely N-dealkylation sites (tertiary alicyclic amines) is 1. The first kappa shape index (κ1) is 22.1. The molecule has 0 spiro atoms. The summed E-state index contributed by atoms with van der Waals surface area (Å²) in [6, 6.07) is 3.06. The van der Waals surface area contributed by atoms with Gasteiger partial charge in [-0.05, 0) is 50.8 Å². The minimum absolute atomic E-state index is 0. The summed E-state index contributed by atoms with van der Waals surface area (Å²) in [5, 5.41) is 0. The number of aryl methyl sites for hydroxylation is 1. The molecule has 1 aromatic heterocycles. The van der Waals surface area contributed by atoms with Crippen molar-refractivity contribution in [2.45, 2.75) is 96.4 Å². The molecule has 2 heterocycles. The number of rotatable bonds is 10. The van der Waals surface area contributed by atoms with Gasteiger partial charge >= 0.3 is 0 Å². The molecule has 26 heavy (non-hydrogen) atoms. The quantitative estimate of drug-likeness (QED) is 0.380. The molecule has 1 aromatic rings. The number of nitrogens with one attached hydrogen (secondary N) is 1. The lowest BCUT2D eigenvalue weighted by atomic mass is 9.79. The topological polar surface area (TPSA) is 17.4 Å². The molecular formula is C23H39IN2. The first-order valence-electron chi connectivity index (χ1n) is 11.0. The van der Waals surface area contributed by atoms with Gasteiger partial charge in [0.2, 0.25) is 0 Å². The zero-order valence-corrected chi connectivity index (χ0v) is 19.2. The molecular weight excluding hydrogens is 431 g/mol. The molecule has 1 aliphatic heterocycles. The number of hydrogen-bond acceptors (Lipinski definition) is 1. The van der Waals surface area contributed by atoms with Gasteiger partial charge in [-0.2, -0.15) is 0 Å². The molecule has 1 saturated heterocycles. The van der Waals surface area contributed by atoms with E-state index in [-0.39, 0.29) is 24.0 Å². The molecule has 0 unspecified atom stereocenters. The maximum Gasteiger partial charge on any atom is 0.183 e. The highest BCUT2D eigenvalue weighted by molar-refractivity contribution is 5.34. The molecule has 0 bridgehead atoms. The van der Waals surface area contributed by atoms with Gasteiger partial charge in [0, 0.05) is 24.1 Å². The van der Waals surface area contributed by atoms with Crippen LogP contribution in [0.25, 0.3) is 0 Å². The molecule has 148 valence electrons. The van der Waals surface area contributed by atoms with Crippen LogP contribution in [-0.4, -0.2) is 18.5 Å². The van der Waals surface area contributed by atoms with E-state index in [9.17, 15) is 0 Å². The highest BCUT2D eigenvalue weighted by Gasteiger charge is 2.38. The Morgan fingerprint density at radius 3 is 2.42 bits per heavy atom. The summed E-state index contributed by atoms with van der Waals surface area (Å²) in [5.74, 6) is 0.903. The molecule has 1 fully saturated rings. The molecule has 1 N–H and O–H groups in total. The largest absolute Gasteiger partial charge is 1.00 e. The van der Waals surface area contributed by atoms with E-state index in [4.69, 9.17) is 0 Å². The zero-order chi connectivity index (χ0) is 17.5. The normalized spacial score (nSPS) is 21.9. The molecule has 3 rings (SSSR count). The third-order valence-electron chi connectivity index (χ3n) is 6.62. The monoisotopic (exact) mass is 470 g/mol. The highest BCUT2D eigenvalue weighted by atomic mass is 127. The molecule has 2 aliphatic rings. The minimum atomic E-state index is 0. The molecule has 3 heteroatoms. The van der Waals surface area contributed by atoms with Crippen molar-refractivity contribution in [2.24, 2.45) is 5.92 Å². The molecule has 1 aliphatic carbocycles. The SMILES string of the molecule is CCCCCCCCCCCc1[nH+]ccc2c1CC[C@H]1CCN(C)[C@@H]21.[I-]. The van der Waals surface area contributed by atoms with Crippen LogP contribution in [-0.2, 0) is 12.8 Å². The van der Waals surface area contributed by atoms with Gasteiger partial charge in [-0.3, -0.25) is 4.90 Å². The van der Waals surface area contributed by atoms with Crippen molar-refractivity contribution >= 4 is 0 Å². The predicted molar refractivity (Wildman–Crippen MR) is 106 cm³/mol. The summed E-state index contributed by atoms with van der Waals surface area (Å²) in [4.78, 5) is 6.19. The Hall–Kier alpha value is -0.160. The first-order chi connectivity index (χ1) is 12.3. The van der Waals surface area contributed by atoms with Crippen molar-refractivity contribution < 1.29 is 29.0 Å². The number of H-pyrrole nitrogens is 1. The van der Waals surface area contributed by atoms with Crippen LogP contribution in [0.4, 0.5) is 0 Å². The van der Waals surface area contributed by atoms with Gasteiger partial charge in [-0.15, -0.1) is 0 Å². The zero-order valence-electron chi connectivity index (χ0n) is 17.0. The highest BCUT2D eigenvalue weighted by Crippen LogP contribution is 2.44. The lowest BCUT2D eigenvalue weighted by Crippen LogP contribution is -3.00. The Morgan fingerprint density at radius 1 is 1.00 bits per heavy atom. The summed E-state index contributed by atoms with van der Waals surface area (Å²) in [5.41, 5.74) is 4.84. The fraction of sp³-hybridized carbons (Fsp3) is 0.783. The smallest absolute Gasteiger partial charge is 0.183 e. The van der Waals surface area contributed by atoms with Gasteiger partial charge in [0.25, 0.3) is 0 Å². The summed E-state index contributed by atoms with van der Waals surface area (Å²) in [6.45, 7) is 3.57. The fourth-order valence-electron chi connectivity index (χ4n) is 5.15. The standard InChI is InChI=1S/C23H38N2.HI/c1-3-4-5-6-7-8-9-10-11-12-22-20-14-13-19-16-18-25(2)23(19)21(20)15-17-24-22;/h15,17,19,23H,3-14,16,18H2,1-2H3;1H/t19-,23+;/m0./s1. The molecule has 2 nitrogen and oxygen atoms in total. The molecule has 0 aromatic carbocycles. The lowest BCUT2D eigenvalue weighted by molar-refractivity contribution is -0.391. The van der Waals surface area contributed by atoms with Gasteiger partial charge in [0.05, 0.1) is 0 Å². The van der Waals surface area contributed by atoms with Crippen LogP contribution in [0.15, 0.2) is 12.3 Å². The van der Waals surface area contributed by atoms with Crippen LogP contribution in [0.1, 0.15) is 100 Å². The van der Waals surface area contributed by atoms with E-state index >= 15 is 0 Å². The molecule has 0 amide bonds. The molecule has 2 atom stereocenters. The number of nitrogens with zero attached hydrogens (tertiary/aromatic N) is 1. The van der Waals surface area contributed by atoms with Crippen molar-refractivity contribution in [3.8, 4) is 0 Å². The third kappa shape index (κ3) is 5.67. The van der Waals surface area contributed by atoms with E-state index in [1.54, 1.807) is 16.8 Å². The number of pyridine rings is 1. The van der Waals surface area contributed by atoms with Crippen LogP contribution < -0.4 is 29.0 Å². The second-order valence-electron chi connectivity index (χ2n) is 8.48. The van der Waals surface area contributed by atoms with E-state index in [0.29, 0.717) is 6.04 Å². The van der Waals surface area contributed by atoms with Crippen LogP contribution in [0.5, 0.6) is 0 Å². The van der Waals surface area contributed by atoms with Crippen LogP contribution in [0, 0.1) is 5.92 Å². The van der Waals surface area contributed by atoms with Crippen molar-refractivity contribution in [2.75, 3.05) is 13.6 Å². The number of halogens is 1. The number of unbranched alkanes of at least 4 members (excludes halogenated alkanes) is 8. The van der Waals surface area contributed by atoms with Gasteiger partial charge in [0.1, 0.15) is 0 Å². The maximum atomic E-state index is 3.60. The summed E-state index contributed by atoms with van der Waals surface area (Å²) >= 11 is 0. The predicted octanol–water partition coefficient (Wildman–Crippen LogP) is 2.52. The van der Waals surface area contributed by atoms with E-state index in [0.717, 1.165) is 5.92 Å². The number of fused-ring (bicyclic) bond motifs is 3. The Labute approximate surface area is 178 Å². The summed E-state index contributed by atoms with van der Waals surface area (Å²) < 4.78 is 0. The summed E-state index contributed by atoms with van der Waals surface area (Å²) in [7, 11) is 2.32. The third-order valence-corrected chi connectivity index (χ3v) is 6.62.